The quantitative estimate of drug-likeness (QED) is 0.365. The Morgan fingerprint density at radius 1 is 1.06 bits per heavy atom. The fraction of sp³-hybridized carbons (Fsp3) is 0.227. The number of fused-ring (bicyclic) bond motifs is 1. The lowest BCUT2D eigenvalue weighted by molar-refractivity contribution is -0.146. The normalized spacial score (nSPS) is 11.5. The number of carboxylic acid groups (broad SMARTS) is 1. The van der Waals surface area contributed by atoms with Crippen molar-refractivity contribution >= 4 is 28.3 Å². The van der Waals surface area contributed by atoms with E-state index in [1.54, 1.807) is 0 Å². The molecule has 9 nitrogen and oxygen atoms in total. The molecule has 0 fully saturated rings. The number of aromatic nitrogens is 1. The smallest absolute Gasteiger partial charge is 0.310 e. The van der Waals surface area contributed by atoms with Gasteiger partial charge in [-0.2, -0.15) is 0 Å². The van der Waals surface area contributed by atoms with Crippen LogP contribution >= 0.6 is 0 Å². The Bertz CT molecular complexity index is 1140. The Balaban J connectivity index is 1.81. The molecular formula is C22H24N4O5. The van der Waals surface area contributed by atoms with Gasteiger partial charge in [-0.05, 0) is 54.4 Å². The molecule has 1 aromatic heterocycles. The van der Waals surface area contributed by atoms with Gasteiger partial charge in [-0.15, -0.1) is 5.17 Å². The molecule has 0 saturated carbocycles. The van der Waals surface area contributed by atoms with E-state index >= 15 is 0 Å². The van der Waals surface area contributed by atoms with Crippen LogP contribution in [-0.2, 0) is 4.79 Å². The summed E-state index contributed by atoms with van der Waals surface area (Å²) in [6, 6.07) is 12.7. The van der Waals surface area contributed by atoms with Crippen LogP contribution in [0.1, 0.15) is 24.3 Å². The molecule has 3 aromatic rings. The Hall–Kier alpha value is -3.69. The number of hydroxylamine groups is 1. The number of hydrogen-bond donors (Lipinski definition) is 5. The van der Waals surface area contributed by atoms with Gasteiger partial charge in [0.15, 0.2) is 5.69 Å². The summed E-state index contributed by atoms with van der Waals surface area (Å²) in [5.74, 6) is -1.98. The van der Waals surface area contributed by atoms with E-state index in [0.717, 1.165) is 27.2 Å². The van der Waals surface area contributed by atoms with Crippen molar-refractivity contribution in [2.24, 2.45) is 5.41 Å². The highest BCUT2D eigenvalue weighted by molar-refractivity contribution is 5.96. The van der Waals surface area contributed by atoms with Gasteiger partial charge in [-0.25, -0.2) is 4.98 Å². The summed E-state index contributed by atoms with van der Waals surface area (Å²) in [5, 5.41) is 34.0. The summed E-state index contributed by atoms with van der Waals surface area (Å²) in [6.45, 7) is 2.89. The standard InChI is InChI=1S/C22H24N4O5/c1-22(2,21(29)30)12-24-20(28)19-18(27)10-16(11-23-19)14-4-5-15-9-17(25-26(3)31)7-6-13(15)8-14/h4-11,25,27,31H,12H2,1-3H3,(H,24,28)(H,29,30). The van der Waals surface area contributed by atoms with Crippen LogP contribution in [0.3, 0.4) is 0 Å². The largest absolute Gasteiger partial charge is 0.505 e. The first-order valence-corrected chi connectivity index (χ1v) is 9.51. The highest BCUT2D eigenvalue weighted by Gasteiger charge is 2.28. The van der Waals surface area contributed by atoms with Crippen LogP contribution in [0.2, 0.25) is 0 Å². The summed E-state index contributed by atoms with van der Waals surface area (Å²) in [4.78, 5) is 27.6. The van der Waals surface area contributed by atoms with Gasteiger partial charge < -0.3 is 15.5 Å². The lowest BCUT2D eigenvalue weighted by Crippen LogP contribution is -2.39. The number of rotatable bonds is 7. The third kappa shape index (κ3) is 5.08. The van der Waals surface area contributed by atoms with Crippen LogP contribution in [0.5, 0.6) is 5.75 Å². The summed E-state index contributed by atoms with van der Waals surface area (Å²) in [7, 11) is 1.48. The first kappa shape index (κ1) is 22.0. The third-order valence-corrected chi connectivity index (χ3v) is 4.82. The Morgan fingerprint density at radius 3 is 2.39 bits per heavy atom. The van der Waals surface area contributed by atoms with Crippen molar-refractivity contribution < 1.29 is 25.0 Å². The van der Waals surface area contributed by atoms with Crippen molar-refractivity contribution in [1.29, 1.82) is 0 Å². The summed E-state index contributed by atoms with van der Waals surface area (Å²) < 4.78 is 0. The Morgan fingerprint density at radius 2 is 1.74 bits per heavy atom. The van der Waals surface area contributed by atoms with Crippen molar-refractivity contribution in [1.82, 2.24) is 15.5 Å². The summed E-state index contributed by atoms with van der Waals surface area (Å²) in [6.07, 6.45) is 1.48. The topological polar surface area (TPSA) is 135 Å². The second-order valence-corrected chi connectivity index (χ2v) is 7.88. The number of aromatic hydroxyl groups is 1. The van der Waals surface area contributed by atoms with E-state index in [-0.39, 0.29) is 18.0 Å². The Kier molecular flexibility index (Phi) is 6.09. The summed E-state index contributed by atoms with van der Waals surface area (Å²) in [5.41, 5.74) is 3.61. The predicted molar refractivity (Wildman–Crippen MR) is 116 cm³/mol. The van der Waals surface area contributed by atoms with Gasteiger partial charge in [0, 0.05) is 25.4 Å². The van der Waals surface area contributed by atoms with Crippen LogP contribution < -0.4 is 10.7 Å². The molecule has 9 heteroatoms. The average Bonchev–Trinajstić information content (AvgIpc) is 2.71. The lowest BCUT2D eigenvalue weighted by atomic mass is 9.94. The molecule has 31 heavy (non-hydrogen) atoms. The zero-order valence-electron chi connectivity index (χ0n) is 17.4. The molecule has 0 saturated heterocycles. The van der Waals surface area contributed by atoms with Crippen molar-refractivity contribution in [3.05, 3.63) is 54.4 Å². The molecule has 162 valence electrons. The molecule has 1 amide bonds. The Labute approximate surface area is 178 Å². The monoisotopic (exact) mass is 424 g/mol. The number of pyridine rings is 1. The second kappa shape index (κ2) is 8.58. The number of anilines is 1. The predicted octanol–water partition coefficient (Wildman–Crippen LogP) is 3.10. The summed E-state index contributed by atoms with van der Waals surface area (Å²) >= 11 is 0. The number of benzene rings is 2. The number of nitrogens with zero attached hydrogens (tertiary/aromatic N) is 2. The van der Waals surface area contributed by atoms with Crippen LogP contribution in [0.15, 0.2) is 48.7 Å². The molecule has 3 rings (SSSR count). The van der Waals surface area contributed by atoms with E-state index in [2.05, 4.69) is 15.7 Å². The van der Waals surface area contributed by atoms with Gasteiger partial charge in [0.05, 0.1) is 11.1 Å². The van der Waals surface area contributed by atoms with Crippen LogP contribution in [0, 0.1) is 5.41 Å². The van der Waals surface area contributed by atoms with Crippen LogP contribution in [0.4, 0.5) is 5.69 Å². The molecule has 0 bridgehead atoms. The van der Waals surface area contributed by atoms with Crippen LogP contribution in [-0.4, -0.2) is 51.0 Å². The van der Waals surface area contributed by atoms with E-state index in [1.165, 1.54) is 33.2 Å². The zero-order chi connectivity index (χ0) is 22.8. The van der Waals surface area contributed by atoms with Gasteiger partial charge in [-0.1, -0.05) is 18.2 Å². The average molecular weight is 424 g/mol. The molecule has 1 heterocycles. The minimum absolute atomic E-state index is 0.0996. The zero-order valence-corrected chi connectivity index (χ0v) is 17.4. The van der Waals surface area contributed by atoms with Crippen molar-refractivity contribution in [2.45, 2.75) is 13.8 Å². The number of hydrazine groups is 1. The molecule has 0 radical (unpaired) electrons. The van der Waals surface area contributed by atoms with E-state index < -0.39 is 17.3 Å². The van der Waals surface area contributed by atoms with Gasteiger partial charge in [0.25, 0.3) is 5.91 Å². The minimum atomic E-state index is -1.14. The third-order valence-electron chi connectivity index (χ3n) is 4.82. The van der Waals surface area contributed by atoms with Crippen LogP contribution in [0.25, 0.3) is 21.9 Å². The maximum absolute atomic E-state index is 12.3. The van der Waals surface area contributed by atoms with E-state index in [4.69, 9.17) is 5.11 Å². The number of carbonyl (C=O) groups excluding carboxylic acids is 1. The number of hydrogen-bond acceptors (Lipinski definition) is 7. The number of nitrogens with one attached hydrogen (secondary N) is 2. The van der Waals surface area contributed by atoms with Crippen molar-refractivity contribution in [3.8, 4) is 16.9 Å². The molecule has 0 aliphatic carbocycles. The van der Waals surface area contributed by atoms with E-state index in [0.29, 0.717) is 5.56 Å². The van der Waals surface area contributed by atoms with E-state index in [1.807, 2.05) is 36.4 Å². The maximum atomic E-state index is 12.3. The number of amides is 1. The molecule has 0 spiro atoms. The van der Waals surface area contributed by atoms with Gasteiger partial charge >= 0.3 is 5.97 Å². The van der Waals surface area contributed by atoms with E-state index in [9.17, 15) is 19.9 Å². The molecular weight excluding hydrogens is 400 g/mol. The number of carboxylic acids is 1. The molecule has 0 aliphatic heterocycles. The number of carbonyl (C=O) groups is 2. The maximum Gasteiger partial charge on any atom is 0.310 e. The first-order valence-electron chi connectivity index (χ1n) is 9.51. The highest BCUT2D eigenvalue weighted by atomic mass is 16.5. The molecule has 0 atom stereocenters. The molecule has 0 aliphatic rings. The lowest BCUT2D eigenvalue weighted by Gasteiger charge is -2.19. The molecule has 5 N–H and O–H groups in total. The molecule has 2 aromatic carbocycles. The fourth-order valence-corrected chi connectivity index (χ4v) is 2.93. The molecule has 0 unspecified atom stereocenters. The van der Waals surface area contributed by atoms with Gasteiger partial charge in [0.1, 0.15) is 5.75 Å². The highest BCUT2D eigenvalue weighted by Crippen LogP contribution is 2.29. The SMILES string of the molecule is CN(O)Nc1ccc2cc(-c3cnc(C(=O)NCC(C)(C)C(=O)O)c(O)c3)ccc2c1. The first-order chi connectivity index (χ1) is 14.6. The van der Waals surface area contributed by atoms with Gasteiger partial charge in [-0.3, -0.25) is 20.2 Å². The number of aliphatic carboxylic acids is 1. The minimum Gasteiger partial charge on any atom is -0.505 e. The van der Waals surface area contributed by atoms with Gasteiger partial charge in [0.2, 0.25) is 0 Å². The fourth-order valence-electron chi connectivity index (χ4n) is 2.93. The second-order valence-electron chi connectivity index (χ2n) is 7.88. The van der Waals surface area contributed by atoms with Crippen molar-refractivity contribution in [3.63, 3.8) is 0 Å². The van der Waals surface area contributed by atoms with Crippen molar-refractivity contribution in [2.75, 3.05) is 19.0 Å².